The van der Waals surface area contributed by atoms with E-state index in [4.69, 9.17) is 11.6 Å². The number of anilines is 2. The first-order valence-electron chi connectivity index (χ1n) is 10.00. The van der Waals surface area contributed by atoms with Gasteiger partial charge in [0.1, 0.15) is 0 Å². The number of likely N-dealkylation sites (N-methyl/N-ethyl adjacent to an activating group) is 1. The van der Waals surface area contributed by atoms with E-state index in [1.807, 2.05) is 24.3 Å². The van der Waals surface area contributed by atoms with Crippen LogP contribution in [0.1, 0.15) is 13.3 Å². The van der Waals surface area contributed by atoms with Crippen molar-refractivity contribution < 1.29 is 13.2 Å². The van der Waals surface area contributed by atoms with Crippen molar-refractivity contribution in [3.8, 4) is 0 Å². The van der Waals surface area contributed by atoms with E-state index >= 15 is 0 Å². The summed E-state index contributed by atoms with van der Waals surface area (Å²) in [5.41, 5.74) is 1.83. The number of amides is 1. The number of carbonyl (C=O) groups is 1. The van der Waals surface area contributed by atoms with Crippen LogP contribution < -0.4 is 14.9 Å². The molecule has 0 bridgehead atoms. The largest absolute Gasteiger partial charge is 0.369 e. The summed E-state index contributed by atoms with van der Waals surface area (Å²) in [6, 6.07) is 13.7. The number of rotatable bonds is 8. The zero-order valence-electron chi connectivity index (χ0n) is 17.0. The lowest BCUT2D eigenvalue weighted by Crippen LogP contribution is -2.46. The molecule has 2 N–H and O–H groups in total. The van der Waals surface area contributed by atoms with Crippen molar-refractivity contribution in [2.45, 2.75) is 18.2 Å². The summed E-state index contributed by atoms with van der Waals surface area (Å²) in [7, 11) is -3.70. The Kier molecular flexibility index (Phi) is 7.71. The normalized spacial score (nSPS) is 15.2. The van der Waals surface area contributed by atoms with Gasteiger partial charge >= 0.3 is 0 Å². The van der Waals surface area contributed by atoms with Gasteiger partial charge in [0, 0.05) is 55.5 Å². The smallest absolute Gasteiger partial charge is 0.240 e. The monoisotopic (exact) mass is 450 g/mol. The van der Waals surface area contributed by atoms with Gasteiger partial charge in [0.25, 0.3) is 0 Å². The highest BCUT2D eigenvalue weighted by molar-refractivity contribution is 7.89. The van der Waals surface area contributed by atoms with Gasteiger partial charge in [-0.25, -0.2) is 13.1 Å². The maximum atomic E-state index is 12.2. The highest BCUT2D eigenvalue weighted by Crippen LogP contribution is 2.20. The van der Waals surface area contributed by atoms with Crippen LogP contribution in [0.15, 0.2) is 53.4 Å². The van der Waals surface area contributed by atoms with Crippen molar-refractivity contribution in [1.29, 1.82) is 0 Å². The molecule has 1 aliphatic rings. The molecule has 1 amide bonds. The zero-order chi connectivity index (χ0) is 21.6. The van der Waals surface area contributed by atoms with Gasteiger partial charge in [-0.2, -0.15) is 0 Å². The van der Waals surface area contributed by atoms with E-state index in [1.165, 1.54) is 12.1 Å². The van der Waals surface area contributed by atoms with Crippen LogP contribution in [-0.4, -0.2) is 58.5 Å². The van der Waals surface area contributed by atoms with Gasteiger partial charge in [0.2, 0.25) is 15.9 Å². The molecule has 30 heavy (non-hydrogen) atoms. The molecule has 0 unspecified atom stereocenters. The Balaban J connectivity index is 1.46. The zero-order valence-corrected chi connectivity index (χ0v) is 18.5. The van der Waals surface area contributed by atoms with Gasteiger partial charge in [-0.05, 0) is 49.0 Å². The predicted octanol–water partition coefficient (Wildman–Crippen LogP) is 2.79. The molecule has 0 saturated carbocycles. The van der Waals surface area contributed by atoms with Crippen molar-refractivity contribution >= 4 is 38.9 Å². The quantitative estimate of drug-likeness (QED) is 0.646. The molecule has 9 heteroatoms. The number of carbonyl (C=O) groups excluding carboxylic acids is 1. The summed E-state index contributed by atoms with van der Waals surface area (Å²) in [5.74, 6) is -0.256. The van der Waals surface area contributed by atoms with E-state index in [9.17, 15) is 13.2 Å². The first kappa shape index (κ1) is 22.6. The minimum Gasteiger partial charge on any atom is -0.369 e. The Morgan fingerprint density at radius 2 is 1.77 bits per heavy atom. The molecule has 0 spiro atoms. The summed E-state index contributed by atoms with van der Waals surface area (Å²) < 4.78 is 26.9. The number of sulfonamides is 1. The molecule has 0 aliphatic carbocycles. The molecule has 0 radical (unpaired) electrons. The van der Waals surface area contributed by atoms with Gasteiger partial charge in [0.15, 0.2) is 0 Å². The number of benzene rings is 2. The molecule has 1 saturated heterocycles. The third kappa shape index (κ3) is 6.18. The van der Waals surface area contributed by atoms with Gasteiger partial charge in [-0.15, -0.1) is 0 Å². The Morgan fingerprint density at radius 1 is 1.07 bits per heavy atom. The topological polar surface area (TPSA) is 81.8 Å². The summed E-state index contributed by atoms with van der Waals surface area (Å²) in [4.78, 5) is 17.0. The van der Waals surface area contributed by atoms with Gasteiger partial charge in [-0.3, -0.25) is 4.79 Å². The summed E-state index contributed by atoms with van der Waals surface area (Å²) >= 11 is 5.84. The molecule has 0 aromatic heterocycles. The average molecular weight is 451 g/mol. The van der Waals surface area contributed by atoms with E-state index < -0.39 is 10.0 Å². The van der Waals surface area contributed by atoms with Crippen molar-refractivity contribution in [1.82, 2.24) is 9.62 Å². The van der Waals surface area contributed by atoms with Crippen LogP contribution in [0.5, 0.6) is 0 Å². The summed E-state index contributed by atoms with van der Waals surface area (Å²) in [6.45, 7) is 7.35. The van der Waals surface area contributed by atoms with E-state index in [2.05, 4.69) is 26.8 Å². The number of halogens is 1. The Hall–Kier alpha value is -2.13. The maximum absolute atomic E-state index is 12.2. The summed E-state index contributed by atoms with van der Waals surface area (Å²) in [6.07, 6.45) is 0.0283. The second-order valence-electron chi connectivity index (χ2n) is 7.12. The molecule has 1 heterocycles. The molecule has 1 aliphatic heterocycles. The molecular formula is C21H27ClN4O3S. The molecule has 162 valence electrons. The summed E-state index contributed by atoms with van der Waals surface area (Å²) in [5, 5.41) is 3.14. The number of nitrogens with zero attached hydrogens (tertiary/aromatic N) is 2. The van der Waals surface area contributed by atoms with Crippen LogP contribution in [0.3, 0.4) is 0 Å². The van der Waals surface area contributed by atoms with Gasteiger partial charge in [0.05, 0.1) is 4.90 Å². The lowest BCUT2D eigenvalue weighted by molar-refractivity contribution is -0.116. The Morgan fingerprint density at radius 3 is 2.40 bits per heavy atom. The minimum absolute atomic E-state index is 0.000466. The average Bonchev–Trinajstić information content (AvgIpc) is 2.74. The molecule has 1 fully saturated rings. The first-order valence-corrected chi connectivity index (χ1v) is 11.9. The molecule has 2 aromatic carbocycles. The van der Waals surface area contributed by atoms with Crippen molar-refractivity contribution in [2.75, 3.05) is 49.5 Å². The lowest BCUT2D eigenvalue weighted by Gasteiger charge is -2.35. The van der Waals surface area contributed by atoms with Crippen LogP contribution in [0.25, 0.3) is 0 Å². The van der Waals surface area contributed by atoms with Crippen molar-refractivity contribution in [3.63, 3.8) is 0 Å². The van der Waals surface area contributed by atoms with E-state index in [-0.39, 0.29) is 23.8 Å². The van der Waals surface area contributed by atoms with E-state index in [1.54, 1.807) is 12.1 Å². The Bertz CT molecular complexity index is 958. The Labute approximate surface area is 183 Å². The van der Waals surface area contributed by atoms with Crippen molar-refractivity contribution in [3.05, 3.63) is 53.6 Å². The fourth-order valence-electron chi connectivity index (χ4n) is 3.32. The van der Waals surface area contributed by atoms with Crippen LogP contribution in [0, 0.1) is 0 Å². The van der Waals surface area contributed by atoms with E-state index in [0.29, 0.717) is 10.7 Å². The van der Waals surface area contributed by atoms with Gasteiger partial charge < -0.3 is 15.1 Å². The van der Waals surface area contributed by atoms with Gasteiger partial charge in [-0.1, -0.05) is 24.6 Å². The van der Waals surface area contributed by atoms with E-state index in [0.717, 1.165) is 38.4 Å². The van der Waals surface area contributed by atoms with Crippen molar-refractivity contribution in [2.24, 2.45) is 0 Å². The number of hydrogen-bond acceptors (Lipinski definition) is 5. The first-order chi connectivity index (χ1) is 14.4. The predicted molar refractivity (Wildman–Crippen MR) is 121 cm³/mol. The maximum Gasteiger partial charge on any atom is 0.240 e. The highest BCUT2D eigenvalue weighted by atomic mass is 35.5. The molecule has 7 nitrogen and oxygen atoms in total. The number of piperazine rings is 1. The fourth-order valence-corrected chi connectivity index (χ4v) is 4.65. The molecular weight excluding hydrogens is 424 g/mol. The van der Waals surface area contributed by atoms with Crippen LogP contribution >= 0.6 is 11.6 Å². The van der Waals surface area contributed by atoms with Crippen LogP contribution in [-0.2, 0) is 14.8 Å². The second-order valence-corrected chi connectivity index (χ2v) is 9.32. The van der Waals surface area contributed by atoms with Crippen LogP contribution in [0.4, 0.5) is 11.4 Å². The SMILES string of the molecule is CCN1CCN(c2ccc(NC(=O)CCNS(=O)(=O)c3cccc(Cl)c3)cc2)CC1. The lowest BCUT2D eigenvalue weighted by atomic mass is 10.2. The standard InChI is InChI=1S/C21H27ClN4O3S/c1-2-25-12-14-26(15-13-25)19-8-6-18(7-9-19)24-21(27)10-11-23-30(28,29)20-5-3-4-17(22)16-20/h3-9,16,23H,2,10-15H2,1H3,(H,24,27). The molecule has 0 atom stereocenters. The third-order valence-corrected chi connectivity index (χ3v) is 6.78. The number of nitrogens with one attached hydrogen (secondary N) is 2. The fraction of sp³-hybridized carbons (Fsp3) is 0.381. The second kappa shape index (κ2) is 10.3. The molecule has 3 rings (SSSR count). The van der Waals surface area contributed by atoms with Crippen LogP contribution in [0.2, 0.25) is 5.02 Å². The molecule has 2 aromatic rings. The highest BCUT2D eigenvalue weighted by Gasteiger charge is 2.16. The minimum atomic E-state index is -3.70. The number of hydrogen-bond donors (Lipinski definition) is 2. The third-order valence-electron chi connectivity index (χ3n) is 5.09.